The van der Waals surface area contributed by atoms with E-state index in [1.807, 2.05) is 0 Å². The van der Waals surface area contributed by atoms with E-state index in [1.54, 1.807) is 0 Å². The largest absolute Gasteiger partial charge is 0.371 e. The Morgan fingerprint density at radius 1 is 0.885 bits per heavy atom. The molecule has 2 nitrogen and oxygen atoms in total. The van der Waals surface area contributed by atoms with Crippen molar-refractivity contribution in [2.45, 2.75) is 39.0 Å². The molecule has 0 saturated carbocycles. The fraction of sp³-hybridized carbons (Fsp3) is 0.348. The van der Waals surface area contributed by atoms with E-state index in [1.165, 1.54) is 60.1 Å². The van der Waals surface area contributed by atoms with Crippen molar-refractivity contribution in [1.29, 1.82) is 0 Å². The highest BCUT2D eigenvalue weighted by Crippen LogP contribution is 2.23. The molecule has 2 aromatic carbocycles. The summed E-state index contributed by atoms with van der Waals surface area (Å²) in [7, 11) is 0. The third-order valence-electron chi connectivity index (χ3n) is 5.24. The monoisotopic (exact) mass is 366 g/mol. The Balaban J connectivity index is 0.00000196. The van der Waals surface area contributed by atoms with Gasteiger partial charge in [-0.05, 0) is 67.5 Å². The van der Waals surface area contributed by atoms with Gasteiger partial charge in [0, 0.05) is 30.2 Å². The number of hydrogen-bond donors (Lipinski definition) is 0. The van der Waals surface area contributed by atoms with Crippen LogP contribution in [0.2, 0.25) is 0 Å². The van der Waals surface area contributed by atoms with E-state index in [-0.39, 0.29) is 12.4 Å². The lowest BCUT2D eigenvalue weighted by Crippen LogP contribution is -2.29. The molecule has 26 heavy (non-hydrogen) atoms. The molecule has 3 heteroatoms. The Morgan fingerprint density at radius 3 is 2.50 bits per heavy atom. The van der Waals surface area contributed by atoms with Crippen molar-refractivity contribution in [3.8, 4) is 0 Å². The molecule has 1 fully saturated rings. The Labute approximate surface area is 162 Å². The average molecular weight is 367 g/mol. The summed E-state index contributed by atoms with van der Waals surface area (Å²) in [4.78, 5) is 7.32. The summed E-state index contributed by atoms with van der Waals surface area (Å²) in [5, 5.41) is 2.69. The van der Waals surface area contributed by atoms with Crippen LogP contribution in [0.25, 0.3) is 10.8 Å². The fourth-order valence-corrected chi connectivity index (χ4v) is 3.95. The normalized spacial score (nSPS) is 14.3. The van der Waals surface area contributed by atoms with Gasteiger partial charge in [-0.15, -0.1) is 12.4 Å². The molecule has 0 bridgehead atoms. The van der Waals surface area contributed by atoms with Gasteiger partial charge >= 0.3 is 0 Å². The van der Waals surface area contributed by atoms with Crippen LogP contribution in [0.5, 0.6) is 0 Å². The van der Waals surface area contributed by atoms with Gasteiger partial charge in [-0.25, -0.2) is 0 Å². The van der Waals surface area contributed by atoms with Crippen molar-refractivity contribution in [2.75, 3.05) is 18.0 Å². The molecule has 0 aliphatic carbocycles. The highest BCUT2D eigenvalue weighted by Gasteiger charge is 2.12. The van der Waals surface area contributed by atoms with Gasteiger partial charge in [0.15, 0.2) is 0 Å². The third-order valence-corrected chi connectivity index (χ3v) is 5.24. The Bertz CT molecular complexity index is 864. The van der Waals surface area contributed by atoms with Crippen LogP contribution >= 0.6 is 12.4 Å². The number of nitrogens with zero attached hydrogens (tertiary/aromatic N) is 2. The minimum atomic E-state index is 0. The van der Waals surface area contributed by atoms with Crippen LogP contribution in [0.15, 0.2) is 54.6 Å². The summed E-state index contributed by atoms with van der Waals surface area (Å²) in [5.41, 5.74) is 5.13. The van der Waals surface area contributed by atoms with E-state index in [9.17, 15) is 0 Å². The third kappa shape index (κ3) is 4.19. The average Bonchev–Trinajstić information content (AvgIpc) is 2.66. The first-order chi connectivity index (χ1) is 12.3. The zero-order chi connectivity index (χ0) is 17.1. The van der Waals surface area contributed by atoms with Crippen molar-refractivity contribution in [3.63, 3.8) is 0 Å². The van der Waals surface area contributed by atoms with Crippen LogP contribution in [0.1, 0.15) is 36.2 Å². The summed E-state index contributed by atoms with van der Waals surface area (Å²) in [6.07, 6.45) is 6.03. The van der Waals surface area contributed by atoms with Gasteiger partial charge in [0.05, 0.1) is 0 Å². The van der Waals surface area contributed by atoms with E-state index in [4.69, 9.17) is 4.98 Å². The minimum absolute atomic E-state index is 0. The zero-order valence-electron chi connectivity index (χ0n) is 15.4. The predicted octanol–water partition coefficient (Wildman–Crippen LogP) is 5.74. The summed E-state index contributed by atoms with van der Waals surface area (Å²) in [6, 6.07) is 19.8. The van der Waals surface area contributed by atoms with E-state index in [0.29, 0.717) is 0 Å². The number of anilines is 1. The molecule has 0 unspecified atom stereocenters. The first-order valence-electron chi connectivity index (χ1n) is 9.49. The Kier molecular flexibility index (Phi) is 6.16. The molecule has 136 valence electrons. The minimum Gasteiger partial charge on any atom is -0.371 e. The number of aryl methyl sites for hydroxylation is 3. The number of aromatic nitrogens is 1. The van der Waals surface area contributed by atoms with Gasteiger partial charge in [0.25, 0.3) is 0 Å². The highest BCUT2D eigenvalue weighted by atomic mass is 35.5. The maximum absolute atomic E-state index is 4.80. The number of pyridine rings is 1. The molecule has 1 aliphatic rings. The number of fused-ring (bicyclic) bond motifs is 1. The lowest BCUT2D eigenvalue weighted by atomic mass is 10.00. The Hall–Kier alpha value is -2.06. The van der Waals surface area contributed by atoms with Gasteiger partial charge in [-0.2, -0.15) is 0 Å². The van der Waals surface area contributed by atoms with Crippen molar-refractivity contribution >= 4 is 28.9 Å². The second-order valence-electron chi connectivity index (χ2n) is 7.14. The Morgan fingerprint density at radius 2 is 1.65 bits per heavy atom. The molecule has 0 amide bonds. The predicted molar refractivity (Wildman–Crippen MR) is 114 cm³/mol. The lowest BCUT2D eigenvalue weighted by molar-refractivity contribution is 0.577. The topological polar surface area (TPSA) is 16.1 Å². The van der Waals surface area contributed by atoms with Gasteiger partial charge in [0.2, 0.25) is 0 Å². The molecule has 2 heterocycles. The summed E-state index contributed by atoms with van der Waals surface area (Å²) < 4.78 is 0. The van der Waals surface area contributed by atoms with Gasteiger partial charge < -0.3 is 4.90 Å². The number of piperidine rings is 1. The van der Waals surface area contributed by atoms with Crippen LogP contribution in [-0.4, -0.2) is 18.1 Å². The zero-order valence-corrected chi connectivity index (χ0v) is 16.3. The number of halogens is 1. The van der Waals surface area contributed by atoms with E-state index in [2.05, 4.69) is 66.4 Å². The molecule has 1 saturated heterocycles. The number of hydrogen-bond acceptors (Lipinski definition) is 2. The van der Waals surface area contributed by atoms with Crippen LogP contribution in [0.4, 0.5) is 5.69 Å². The van der Waals surface area contributed by atoms with Crippen LogP contribution in [-0.2, 0) is 12.8 Å². The van der Waals surface area contributed by atoms with E-state index >= 15 is 0 Å². The smallest absolute Gasteiger partial charge is 0.0430 e. The maximum Gasteiger partial charge on any atom is 0.0430 e. The molecule has 1 aliphatic heterocycles. The number of rotatable bonds is 4. The molecule has 0 radical (unpaired) electrons. The second-order valence-corrected chi connectivity index (χ2v) is 7.14. The molecular weight excluding hydrogens is 340 g/mol. The fourth-order valence-electron chi connectivity index (χ4n) is 3.95. The first kappa shape index (κ1) is 18.7. The van der Waals surface area contributed by atoms with E-state index < -0.39 is 0 Å². The van der Waals surface area contributed by atoms with Crippen molar-refractivity contribution in [3.05, 3.63) is 71.5 Å². The van der Waals surface area contributed by atoms with Crippen LogP contribution in [0, 0.1) is 6.92 Å². The SMILES string of the molecule is Cc1cc(N2CCCCC2)cc(CCc2cccc3ccccc23)n1.Cl. The van der Waals surface area contributed by atoms with Crippen LogP contribution < -0.4 is 4.90 Å². The lowest BCUT2D eigenvalue weighted by Gasteiger charge is -2.29. The molecule has 3 aromatic rings. The van der Waals surface area contributed by atoms with Gasteiger partial charge in [0.1, 0.15) is 0 Å². The first-order valence-corrected chi connectivity index (χ1v) is 9.49. The van der Waals surface area contributed by atoms with Gasteiger partial charge in [-0.3, -0.25) is 4.98 Å². The summed E-state index contributed by atoms with van der Waals surface area (Å²) >= 11 is 0. The van der Waals surface area contributed by atoms with Crippen molar-refractivity contribution in [2.24, 2.45) is 0 Å². The molecule has 1 aromatic heterocycles. The standard InChI is InChI=1S/C23H26N2.ClH/c1-18-16-22(25-14-5-2-6-15-25)17-21(24-18)13-12-20-10-7-9-19-8-3-4-11-23(19)20;/h3-4,7-11,16-17H,2,5-6,12-15H2,1H3;1H. The molecule has 4 rings (SSSR count). The molecule has 0 spiro atoms. The molecular formula is C23H27ClN2. The quantitative estimate of drug-likeness (QED) is 0.585. The number of benzene rings is 2. The second kappa shape index (κ2) is 8.55. The maximum atomic E-state index is 4.80. The summed E-state index contributed by atoms with van der Waals surface area (Å²) in [5.74, 6) is 0. The van der Waals surface area contributed by atoms with Crippen molar-refractivity contribution < 1.29 is 0 Å². The van der Waals surface area contributed by atoms with E-state index in [0.717, 1.165) is 18.5 Å². The molecule has 0 atom stereocenters. The van der Waals surface area contributed by atoms with Crippen molar-refractivity contribution in [1.82, 2.24) is 4.98 Å². The van der Waals surface area contributed by atoms with Gasteiger partial charge in [-0.1, -0.05) is 42.5 Å². The highest BCUT2D eigenvalue weighted by molar-refractivity contribution is 5.86. The summed E-state index contributed by atoms with van der Waals surface area (Å²) in [6.45, 7) is 4.49. The van der Waals surface area contributed by atoms with Crippen LogP contribution in [0.3, 0.4) is 0 Å². The molecule has 0 N–H and O–H groups in total.